The van der Waals surface area contributed by atoms with E-state index in [1.54, 1.807) is 19.1 Å². The van der Waals surface area contributed by atoms with Gasteiger partial charge in [-0.3, -0.25) is 10.1 Å². The molecule has 132 valence electrons. The van der Waals surface area contributed by atoms with Gasteiger partial charge in [0.25, 0.3) is 5.69 Å². The number of nitrogens with zero attached hydrogens (tertiary/aromatic N) is 1. The van der Waals surface area contributed by atoms with Crippen molar-refractivity contribution in [3.63, 3.8) is 0 Å². The second-order valence-electron chi connectivity index (χ2n) is 5.35. The number of ether oxygens (including phenoxy) is 3. The summed E-state index contributed by atoms with van der Waals surface area (Å²) >= 11 is 0. The molecule has 0 radical (unpaired) electrons. The molecular weight excluding hydrogens is 326 g/mol. The van der Waals surface area contributed by atoms with Crippen LogP contribution in [0.15, 0.2) is 30.3 Å². The molecule has 0 aliphatic heterocycles. The Bertz CT molecular complexity index is 815. The number of nitro benzene ring substituents is 1. The molecule has 0 atom stereocenters. The first-order valence-electron chi connectivity index (χ1n) is 7.66. The Morgan fingerprint density at radius 3 is 2.40 bits per heavy atom. The number of carbonyl (C=O) groups excluding carboxylic acids is 1. The summed E-state index contributed by atoms with van der Waals surface area (Å²) in [5.74, 6) is -0.103. The number of hydrogen-bond donors (Lipinski definition) is 0. The van der Waals surface area contributed by atoms with Gasteiger partial charge in [0.15, 0.2) is 11.5 Å². The minimum Gasteiger partial charge on any atom is -0.493 e. The zero-order valence-corrected chi connectivity index (χ0v) is 14.5. The van der Waals surface area contributed by atoms with Crippen LogP contribution in [0.1, 0.15) is 28.4 Å². The van der Waals surface area contributed by atoms with Crippen molar-refractivity contribution in [3.05, 3.63) is 57.1 Å². The van der Waals surface area contributed by atoms with E-state index in [4.69, 9.17) is 14.2 Å². The van der Waals surface area contributed by atoms with Gasteiger partial charge in [0.05, 0.1) is 24.7 Å². The van der Waals surface area contributed by atoms with Crippen LogP contribution in [0.5, 0.6) is 17.2 Å². The SMILES string of the molecule is CCOc1cc(C(=O)Oc2ccc(C)c(C)c2)c([N+](=O)[O-])cc1OC. The topological polar surface area (TPSA) is 87.9 Å². The molecule has 0 aliphatic rings. The summed E-state index contributed by atoms with van der Waals surface area (Å²) in [5.41, 5.74) is 1.39. The van der Waals surface area contributed by atoms with E-state index in [9.17, 15) is 14.9 Å². The number of methoxy groups -OCH3 is 1. The molecule has 0 N–H and O–H groups in total. The number of rotatable bonds is 6. The Morgan fingerprint density at radius 2 is 1.84 bits per heavy atom. The van der Waals surface area contributed by atoms with Gasteiger partial charge in [-0.05, 0) is 44.0 Å². The third kappa shape index (κ3) is 4.06. The second-order valence-corrected chi connectivity index (χ2v) is 5.35. The molecule has 0 spiro atoms. The van der Waals surface area contributed by atoms with E-state index in [-0.39, 0.29) is 17.1 Å². The van der Waals surface area contributed by atoms with E-state index in [2.05, 4.69) is 0 Å². The number of aryl methyl sites for hydroxylation is 2. The van der Waals surface area contributed by atoms with E-state index in [1.807, 2.05) is 19.9 Å². The number of esters is 1. The van der Waals surface area contributed by atoms with Crippen LogP contribution in [0.2, 0.25) is 0 Å². The van der Waals surface area contributed by atoms with Crippen LogP contribution in [0.3, 0.4) is 0 Å². The fourth-order valence-corrected chi connectivity index (χ4v) is 2.23. The Morgan fingerprint density at radius 1 is 1.12 bits per heavy atom. The van der Waals surface area contributed by atoms with E-state index < -0.39 is 16.6 Å². The van der Waals surface area contributed by atoms with Crippen LogP contribution in [-0.2, 0) is 0 Å². The van der Waals surface area contributed by atoms with Crippen molar-refractivity contribution in [2.45, 2.75) is 20.8 Å². The predicted molar refractivity (Wildman–Crippen MR) is 91.7 cm³/mol. The largest absolute Gasteiger partial charge is 0.493 e. The van der Waals surface area contributed by atoms with Gasteiger partial charge in [-0.15, -0.1) is 0 Å². The Kier molecular flexibility index (Phi) is 5.59. The van der Waals surface area contributed by atoms with Gasteiger partial charge >= 0.3 is 5.97 Å². The molecule has 0 saturated carbocycles. The monoisotopic (exact) mass is 345 g/mol. The first kappa shape index (κ1) is 18.3. The summed E-state index contributed by atoms with van der Waals surface area (Å²) in [5, 5.41) is 11.3. The minimum atomic E-state index is -0.835. The van der Waals surface area contributed by atoms with Crippen molar-refractivity contribution in [3.8, 4) is 17.2 Å². The van der Waals surface area contributed by atoms with Crippen molar-refractivity contribution in [1.82, 2.24) is 0 Å². The molecule has 25 heavy (non-hydrogen) atoms. The first-order valence-corrected chi connectivity index (χ1v) is 7.66. The molecule has 0 saturated heterocycles. The highest BCUT2D eigenvalue weighted by atomic mass is 16.6. The van der Waals surface area contributed by atoms with Crippen LogP contribution in [0.4, 0.5) is 5.69 Å². The third-order valence-electron chi connectivity index (χ3n) is 3.69. The lowest BCUT2D eigenvalue weighted by Crippen LogP contribution is -2.12. The predicted octanol–water partition coefficient (Wildman–Crippen LogP) is 3.84. The first-order chi connectivity index (χ1) is 11.9. The molecule has 7 heteroatoms. The van der Waals surface area contributed by atoms with Crippen molar-refractivity contribution < 1.29 is 23.9 Å². The smallest absolute Gasteiger partial charge is 0.350 e. The van der Waals surface area contributed by atoms with Gasteiger partial charge in [-0.25, -0.2) is 4.79 Å². The van der Waals surface area contributed by atoms with Crippen molar-refractivity contribution in [2.24, 2.45) is 0 Å². The summed E-state index contributed by atoms with van der Waals surface area (Å²) in [4.78, 5) is 23.1. The molecule has 2 aromatic carbocycles. The van der Waals surface area contributed by atoms with Crippen LogP contribution < -0.4 is 14.2 Å². The molecule has 2 aromatic rings. The normalized spacial score (nSPS) is 10.2. The number of benzene rings is 2. The Balaban J connectivity index is 2.44. The van der Waals surface area contributed by atoms with Crippen molar-refractivity contribution in [2.75, 3.05) is 13.7 Å². The van der Waals surface area contributed by atoms with Crippen LogP contribution in [0.25, 0.3) is 0 Å². The maximum atomic E-state index is 12.5. The zero-order valence-electron chi connectivity index (χ0n) is 14.5. The second kappa shape index (κ2) is 7.65. The third-order valence-corrected chi connectivity index (χ3v) is 3.69. The summed E-state index contributed by atoms with van der Waals surface area (Å²) in [6.07, 6.45) is 0. The minimum absolute atomic E-state index is 0.177. The highest BCUT2D eigenvalue weighted by Gasteiger charge is 2.26. The van der Waals surface area contributed by atoms with Crippen molar-refractivity contribution in [1.29, 1.82) is 0 Å². The fraction of sp³-hybridized carbons (Fsp3) is 0.278. The molecule has 7 nitrogen and oxygen atoms in total. The van der Waals surface area contributed by atoms with Gasteiger partial charge in [-0.2, -0.15) is 0 Å². The molecule has 0 amide bonds. The van der Waals surface area contributed by atoms with Gasteiger partial charge in [0.1, 0.15) is 11.3 Å². The fourth-order valence-electron chi connectivity index (χ4n) is 2.23. The van der Waals surface area contributed by atoms with Crippen molar-refractivity contribution >= 4 is 11.7 Å². The highest BCUT2D eigenvalue weighted by molar-refractivity contribution is 5.96. The molecule has 2 rings (SSSR count). The van der Waals surface area contributed by atoms with E-state index >= 15 is 0 Å². The molecule has 0 fully saturated rings. The van der Waals surface area contributed by atoms with Crippen LogP contribution in [-0.4, -0.2) is 24.6 Å². The molecule has 0 heterocycles. The lowest BCUT2D eigenvalue weighted by atomic mass is 10.1. The summed E-state index contributed by atoms with van der Waals surface area (Å²) in [6, 6.07) is 7.57. The van der Waals surface area contributed by atoms with E-state index in [0.717, 1.165) is 17.2 Å². The highest BCUT2D eigenvalue weighted by Crippen LogP contribution is 2.35. The Hall–Kier alpha value is -3.09. The number of carbonyl (C=O) groups is 1. The number of hydrogen-bond acceptors (Lipinski definition) is 6. The van der Waals surface area contributed by atoms with Gasteiger partial charge in [-0.1, -0.05) is 6.07 Å². The maximum absolute atomic E-state index is 12.5. The molecular formula is C18H19NO6. The average molecular weight is 345 g/mol. The van der Waals surface area contributed by atoms with E-state index in [1.165, 1.54) is 13.2 Å². The zero-order chi connectivity index (χ0) is 18.6. The van der Waals surface area contributed by atoms with Crippen LogP contribution >= 0.6 is 0 Å². The lowest BCUT2D eigenvalue weighted by Gasteiger charge is -2.12. The maximum Gasteiger partial charge on any atom is 0.350 e. The van der Waals surface area contributed by atoms with Gasteiger partial charge in [0.2, 0.25) is 0 Å². The summed E-state index contributed by atoms with van der Waals surface area (Å²) in [6.45, 7) is 5.90. The van der Waals surface area contributed by atoms with E-state index in [0.29, 0.717) is 12.4 Å². The van der Waals surface area contributed by atoms with Gasteiger partial charge in [0, 0.05) is 6.07 Å². The molecule has 0 aromatic heterocycles. The molecule has 0 aliphatic carbocycles. The lowest BCUT2D eigenvalue weighted by molar-refractivity contribution is -0.385. The van der Waals surface area contributed by atoms with Crippen LogP contribution in [0, 0.1) is 24.0 Å². The summed E-state index contributed by atoms with van der Waals surface area (Å²) in [7, 11) is 1.37. The standard InChI is InChI=1S/C18H19NO6/c1-5-24-17-9-14(15(19(21)22)10-16(17)23-4)18(20)25-13-7-6-11(2)12(3)8-13/h6-10H,5H2,1-4H3. The quantitative estimate of drug-likeness (QED) is 0.342. The molecule has 0 unspecified atom stereocenters. The number of nitro groups is 1. The van der Waals surface area contributed by atoms with Gasteiger partial charge < -0.3 is 14.2 Å². The molecule has 0 bridgehead atoms. The summed E-state index contributed by atoms with van der Waals surface area (Å²) < 4.78 is 15.8. The Labute approximate surface area is 145 Å². The average Bonchev–Trinajstić information content (AvgIpc) is 2.57.